The monoisotopic (exact) mass is 250 g/mol. The molecule has 1 aromatic heterocycles. The molecule has 2 rings (SSSR count). The smallest absolute Gasteiger partial charge is 0.431 e. The Morgan fingerprint density at radius 2 is 2.00 bits per heavy atom. The lowest BCUT2D eigenvalue weighted by Crippen LogP contribution is -2.23. The highest BCUT2D eigenvalue weighted by Crippen LogP contribution is 2.14. The van der Waals surface area contributed by atoms with Gasteiger partial charge in [-0.05, 0) is 18.2 Å². The third kappa shape index (κ3) is 1.56. The second-order valence-electron chi connectivity index (χ2n) is 3.65. The third-order valence-corrected chi connectivity index (χ3v) is 2.65. The first kappa shape index (κ1) is 11.9. The van der Waals surface area contributed by atoms with E-state index < -0.39 is 17.6 Å². The zero-order chi connectivity index (χ0) is 13.4. The van der Waals surface area contributed by atoms with Crippen molar-refractivity contribution in [1.29, 1.82) is 0 Å². The van der Waals surface area contributed by atoms with Crippen molar-refractivity contribution in [2.45, 2.75) is 0 Å². The number of carboxylic acid groups (broad SMARTS) is 1. The van der Waals surface area contributed by atoms with E-state index in [4.69, 9.17) is 5.11 Å². The van der Waals surface area contributed by atoms with Gasteiger partial charge in [0.05, 0.1) is 23.6 Å². The summed E-state index contributed by atoms with van der Waals surface area (Å²) in [6, 6.07) is 4.14. The molecule has 18 heavy (non-hydrogen) atoms. The largest absolute Gasteiger partial charge is 0.465 e. The Morgan fingerprint density at radius 3 is 2.56 bits per heavy atom. The molecule has 0 unspecified atom stereocenters. The van der Waals surface area contributed by atoms with Crippen LogP contribution in [0.4, 0.5) is 4.79 Å². The summed E-state index contributed by atoms with van der Waals surface area (Å²) in [7, 11) is 2.57. The molecule has 0 atom stereocenters. The van der Waals surface area contributed by atoms with E-state index in [2.05, 4.69) is 4.74 Å². The fourth-order valence-corrected chi connectivity index (χ4v) is 1.79. The van der Waals surface area contributed by atoms with Gasteiger partial charge < -0.3 is 9.84 Å². The van der Waals surface area contributed by atoms with Gasteiger partial charge in [-0.2, -0.15) is 4.68 Å². The summed E-state index contributed by atoms with van der Waals surface area (Å²) in [6.45, 7) is 0. The first-order valence-corrected chi connectivity index (χ1v) is 5.00. The Bertz CT molecular complexity index is 710. The van der Waals surface area contributed by atoms with E-state index in [1.54, 1.807) is 0 Å². The van der Waals surface area contributed by atoms with Crippen molar-refractivity contribution in [3.8, 4) is 0 Å². The predicted octanol–water partition coefficient (Wildman–Crippen LogP) is 0.653. The van der Waals surface area contributed by atoms with Crippen LogP contribution in [0, 0.1) is 0 Å². The van der Waals surface area contributed by atoms with Gasteiger partial charge >= 0.3 is 12.1 Å². The molecule has 0 aliphatic rings. The number of benzene rings is 1. The summed E-state index contributed by atoms with van der Waals surface area (Å²) in [6.07, 6.45) is -1.30. The molecule has 1 N–H and O–H groups in total. The van der Waals surface area contributed by atoms with Crippen molar-refractivity contribution in [3.05, 3.63) is 34.1 Å². The SMILES string of the molecule is COC(=O)c1ccc2c(=O)n(C)n(C(=O)O)c2c1. The van der Waals surface area contributed by atoms with Gasteiger partial charge in [0, 0.05) is 7.05 Å². The number of rotatable bonds is 1. The van der Waals surface area contributed by atoms with Crippen molar-refractivity contribution in [2.75, 3.05) is 7.11 Å². The Labute approximate surface area is 101 Å². The molecule has 0 saturated carbocycles. The quantitative estimate of drug-likeness (QED) is 0.750. The van der Waals surface area contributed by atoms with Gasteiger partial charge in [-0.1, -0.05) is 0 Å². The maximum absolute atomic E-state index is 11.8. The molecule has 94 valence electrons. The first-order valence-electron chi connectivity index (χ1n) is 5.00. The van der Waals surface area contributed by atoms with Gasteiger partial charge in [0.15, 0.2) is 0 Å². The van der Waals surface area contributed by atoms with Crippen molar-refractivity contribution in [3.63, 3.8) is 0 Å². The van der Waals surface area contributed by atoms with E-state index in [0.29, 0.717) is 0 Å². The maximum atomic E-state index is 11.8. The molecule has 2 aromatic rings. The average molecular weight is 250 g/mol. The number of carbonyl (C=O) groups excluding carboxylic acids is 1. The lowest BCUT2D eigenvalue weighted by atomic mass is 10.1. The number of hydrogen-bond donors (Lipinski definition) is 1. The third-order valence-electron chi connectivity index (χ3n) is 2.65. The Kier molecular flexibility index (Phi) is 2.66. The molecule has 1 heterocycles. The second kappa shape index (κ2) is 4.02. The van der Waals surface area contributed by atoms with Crippen LogP contribution in [0.2, 0.25) is 0 Å². The topological polar surface area (TPSA) is 90.5 Å². The van der Waals surface area contributed by atoms with E-state index in [9.17, 15) is 14.4 Å². The highest BCUT2D eigenvalue weighted by Gasteiger charge is 2.17. The van der Waals surface area contributed by atoms with Gasteiger partial charge in [-0.25, -0.2) is 14.3 Å². The number of hydrogen-bond acceptors (Lipinski definition) is 4. The fraction of sp³-hybridized carbons (Fsp3) is 0.182. The molecular formula is C11H10N2O5. The van der Waals surface area contributed by atoms with Crippen LogP contribution in [0.1, 0.15) is 10.4 Å². The number of methoxy groups -OCH3 is 1. The van der Waals surface area contributed by atoms with E-state index in [1.165, 1.54) is 32.4 Å². The molecule has 7 nitrogen and oxygen atoms in total. The highest BCUT2D eigenvalue weighted by molar-refractivity contribution is 5.96. The molecule has 0 spiro atoms. The molecule has 0 aliphatic carbocycles. The van der Waals surface area contributed by atoms with E-state index >= 15 is 0 Å². The molecule has 1 aromatic carbocycles. The predicted molar refractivity (Wildman–Crippen MR) is 61.9 cm³/mol. The van der Waals surface area contributed by atoms with Crippen molar-refractivity contribution in [1.82, 2.24) is 9.36 Å². The van der Waals surface area contributed by atoms with Crippen LogP contribution >= 0.6 is 0 Å². The van der Waals surface area contributed by atoms with Crippen molar-refractivity contribution >= 4 is 23.0 Å². The Balaban J connectivity index is 2.84. The summed E-state index contributed by atoms with van der Waals surface area (Å²) >= 11 is 0. The molecule has 0 bridgehead atoms. The fourth-order valence-electron chi connectivity index (χ4n) is 1.79. The van der Waals surface area contributed by atoms with Crippen molar-refractivity contribution in [2.24, 2.45) is 7.05 Å². The number of carbonyl (C=O) groups is 2. The van der Waals surface area contributed by atoms with Crippen LogP contribution in [-0.4, -0.2) is 33.6 Å². The molecule has 0 fully saturated rings. The van der Waals surface area contributed by atoms with Crippen LogP contribution < -0.4 is 5.56 Å². The second-order valence-corrected chi connectivity index (χ2v) is 3.65. The highest BCUT2D eigenvalue weighted by atomic mass is 16.5. The Morgan fingerprint density at radius 1 is 1.33 bits per heavy atom. The normalized spacial score (nSPS) is 10.6. The van der Waals surface area contributed by atoms with Gasteiger partial charge in [-0.15, -0.1) is 0 Å². The molecule has 7 heteroatoms. The summed E-state index contributed by atoms with van der Waals surface area (Å²) < 4.78 is 6.29. The zero-order valence-corrected chi connectivity index (χ0v) is 9.71. The zero-order valence-electron chi connectivity index (χ0n) is 9.71. The van der Waals surface area contributed by atoms with E-state index in [-0.39, 0.29) is 16.5 Å². The molecule has 0 saturated heterocycles. The van der Waals surface area contributed by atoms with E-state index in [1.807, 2.05) is 0 Å². The number of fused-ring (bicyclic) bond motifs is 1. The average Bonchev–Trinajstić information content (AvgIpc) is 2.60. The standard InChI is InChI=1S/C11H10N2O5/c1-12-9(14)7-4-3-6(10(15)18-2)5-8(7)13(12)11(16)17/h3-5H,1-2H3,(H,16,17). The lowest BCUT2D eigenvalue weighted by molar-refractivity contribution is 0.0600. The number of nitrogens with zero attached hydrogens (tertiary/aromatic N) is 2. The minimum Gasteiger partial charge on any atom is -0.465 e. The number of esters is 1. The number of aromatic nitrogens is 2. The number of ether oxygens (including phenoxy) is 1. The molecule has 0 amide bonds. The van der Waals surface area contributed by atoms with Gasteiger partial charge in [-0.3, -0.25) is 4.79 Å². The summed E-state index contributed by atoms with van der Waals surface area (Å²) in [4.78, 5) is 34.2. The van der Waals surface area contributed by atoms with Crippen LogP contribution in [0.25, 0.3) is 10.9 Å². The van der Waals surface area contributed by atoms with Gasteiger partial charge in [0.1, 0.15) is 0 Å². The molecule has 0 aliphatic heterocycles. The molecular weight excluding hydrogens is 240 g/mol. The van der Waals surface area contributed by atoms with Crippen LogP contribution in [-0.2, 0) is 11.8 Å². The molecule has 0 radical (unpaired) electrons. The van der Waals surface area contributed by atoms with Gasteiger partial charge in [0.2, 0.25) is 0 Å². The lowest BCUT2D eigenvalue weighted by Gasteiger charge is -2.02. The Hall–Kier alpha value is -2.57. The first-order chi connectivity index (χ1) is 8.47. The maximum Gasteiger partial charge on any atom is 0.431 e. The van der Waals surface area contributed by atoms with Gasteiger partial charge in [0.25, 0.3) is 5.56 Å². The van der Waals surface area contributed by atoms with E-state index in [0.717, 1.165) is 9.36 Å². The summed E-state index contributed by atoms with van der Waals surface area (Å²) in [5.41, 5.74) is -0.104. The summed E-state index contributed by atoms with van der Waals surface area (Å²) in [5, 5.41) is 9.28. The van der Waals surface area contributed by atoms with Crippen LogP contribution in [0.15, 0.2) is 23.0 Å². The van der Waals surface area contributed by atoms with Crippen LogP contribution in [0.5, 0.6) is 0 Å². The minimum absolute atomic E-state index is 0.151. The van der Waals surface area contributed by atoms with Crippen molar-refractivity contribution < 1.29 is 19.4 Å². The minimum atomic E-state index is -1.30. The summed E-state index contributed by atoms with van der Waals surface area (Å²) in [5.74, 6) is -0.592. The van der Waals surface area contributed by atoms with Crippen LogP contribution in [0.3, 0.4) is 0 Å².